The van der Waals surface area contributed by atoms with Crippen LogP contribution in [0.25, 0.3) is 0 Å². The zero-order valence-electron chi connectivity index (χ0n) is 15.6. The molecule has 0 unspecified atom stereocenters. The number of carbonyl (C=O) groups excluding carboxylic acids is 2. The van der Waals surface area contributed by atoms with E-state index in [2.05, 4.69) is 18.8 Å². The number of hydrogen-bond acceptors (Lipinski definition) is 4. The first-order chi connectivity index (χ1) is 12.4. The van der Waals surface area contributed by atoms with E-state index in [9.17, 15) is 14.4 Å². The molecule has 0 saturated carbocycles. The molecule has 0 spiro atoms. The van der Waals surface area contributed by atoms with Gasteiger partial charge in [0.15, 0.2) is 5.78 Å². The molecule has 1 N–H and O–H groups in total. The molecule has 1 aliphatic heterocycles. The standard InChI is InChI=1S/C21H24N2O3/c1-5-6-7-8-9-23-15(24)11-13(3)17-19(23)21(26)18-16(20(17)25)12(2)10-14(4)22-18/h10-11,22H,4-9H2,1-3H3. The molecule has 1 aliphatic carbocycles. The number of unbranched alkanes of at least 4 members (excludes halogenated alkanes) is 3. The molecule has 0 radical (unpaired) electrons. The Morgan fingerprint density at radius 3 is 2.50 bits per heavy atom. The molecule has 2 heterocycles. The molecule has 0 saturated heterocycles. The number of dihydropyridines is 1. The monoisotopic (exact) mass is 352 g/mol. The van der Waals surface area contributed by atoms with Crippen LogP contribution in [0, 0.1) is 6.92 Å². The minimum absolute atomic E-state index is 0.205. The summed E-state index contributed by atoms with van der Waals surface area (Å²) in [6.45, 7) is 9.92. The van der Waals surface area contributed by atoms with Crippen molar-refractivity contribution in [2.24, 2.45) is 0 Å². The van der Waals surface area contributed by atoms with Gasteiger partial charge in [0.25, 0.3) is 5.56 Å². The fourth-order valence-electron chi connectivity index (χ4n) is 3.70. The van der Waals surface area contributed by atoms with Gasteiger partial charge in [0.1, 0.15) is 11.4 Å². The zero-order chi connectivity index (χ0) is 19.0. The van der Waals surface area contributed by atoms with E-state index in [-0.39, 0.29) is 28.5 Å². The van der Waals surface area contributed by atoms with Gasteiger partial charge in [0.05, 0.1) is 11.1 Å². The number of nitrogens with zero attached hydrogens (tertiary/aromatic N) is 1. The molecule has 5 nitrogen and oxygen atoms in total. The first kappa shape index (κ1) is 18.1. The van der Waals surface area contributed by atoms with Gasteiger partial charge in [0, 0.05) is 18.3 Å². The summed E-state index contributed by atoms with van der Waals surface area (Å²) in [5.74, 6) is -0.511. The third kappa shape index (κ3) is 2.87. The summed E-state index contributed by atoms with van der Waals surface area (Å²) in [7, 11) is 0. The van der Waals surface area contributed by atoms with Gasteiger partial charge in [-0.1, -0.05) is 32.8 Å². The quantitative estimate of drug-likeness (QED) is 0.825. The molecule has 0 amide bonds. The highest BCUT2D eigenvalue weighted by molar-refractivity contribution is 6.28. The molecule has 0 aromatic carbocycles. The Labute approximate surface area is 153 Å². The van der Waals surface area contributed by atoms with Crippen molar-refractivity contribution in [3.05, 3.63) is 68.4 Å². The third-order valence-electron chi connectivity index (χ3n) is 4.96. The molecule has 2 aliphatic rings. The van der Waals surface area contributed by atoms with Crippen LogP contribution < -0.4 is 10.9 Å². The van der Waals surface area contributed by atoms with E-state index in [1.165, 1.54) is 10.6 Å². The average Bonchev–Trinajstić information content (AvgIpc) is 2.57. The number of allylic oxidation sites excluding steroid dienone is 4. The molecular weight excluding hydrogens is 328 g/mol. The minimum atomic E-state index is -0.306. The van der Waals surface area contributed by atoms with Crippen LogP contribution in [0.5, 0.6) is 0 Å². The highest BCUT2D eigenvalue weighted by Crippen LogP contribution is 2.33. The smallest absolute Gasteiger partial charge is 0.251 e. The van der Waals surface area contributed by atoms with E-state index in [4.69, 9.17) is 0 Å². The first-order valence-corrected chi connectivity index (χ1v) is 9.09. The highest BCUT2D eigenvalue weighted by Gasteiger charge is 2.38. The predicted octanol–water partition coefficient (Wildman–Crippen LogP) is 3.43. The Hall–Kier alpha value is -2.69. The van der Waals surface area contributed by atoms with Gasteiger partial charge in [-0.2, -0.15) is 0 Å². The second-order valence-electron chi connectivity index (χ2n) is 6.99. The van der Waals surface area contributed by atoms with Gasteiger partial charge in [-0.25, -0.2) is 0 Å². The minimum Gasteiger partial charge on any atom is -0.352 e. The number of Topliss-reactive ketones (excluding diaryl/α,β-unsaturated/α-hetero) is 2. The third-order valence-corrected chi connectivity index (χ3v) is 4.96. The summed E-state index contributed by atoms with van der Waals surface area (Å²) in [4.78, 5) is 38.9. The molecule has 136 valence electrons. The summed E-state index contributed by atoms with van der Waals surface area (Å²) >= 11 is 0. The normalized spacial score (nSPS) is 16.3. The molecule has 0 fully saturated rings. The Morgan fingerprint density at radius 1 is 1.08 bits per heavy atom. The van der Waals surface area contributed by atoms with Crippen molar-refractivity contribution < 1.29 is 9.59 Å². The van der Waals surface area contributed by atoms with Crippen molar-refractivity contribution in [2.45, 2.75) is 53.0 Å². The molecule has 1 aromatic heterocycles. The maximum absolute atomic E-state index is 13.2. The van der Waals surface area contributed by atoms with Crippen LogP contribution in [0.15, 0.2) is 46.1 Å². The maximum atomic E-state index is 13.2. The first-order valence-electron chi connectivity index (χ1n) is 9.09. The molecule has 1 aromatic rings. The number of nitrogens with one attached hydrogen (secondary N) is 1. The van der Waals surface area contributed by atoms with Crippen LogP contribution in [-0.2, 0) is 6.54 Å². The van der Waals surface area contributed by atoms with Gasteiger partial charge in [0.2, 0.25) is 5.78 Å². The van der Waals surface area contributed by atoms with E-state index in [0.29, 0.717) is 34.5 Å². The van der Waals surface area contributed by atoms with Crippen molar-refractivity contribution in [3.63, 3.8) is 0 Å². The number of aryl methyl sites for hydroxylation is 1. The summed E-state index contributed by atoms with van der Waals surface area (Å²) in [5, 5.41) is 2.94. The van der Waals surface area contributed by atoms with Crippen LogP contribution in [-0.4, -0.2) is 16.1 Å². The molecule has 5 heteroatoms. The lowest BCUT2D eigenvalue weighted by molar-refractivity contribution is 0.0961. The Balaban J connectivity index is 2.14. The number of aromatic nitrogens is 1. The van der Waals surface area contributed by atoms with Crippen molar-refractivity contribution in [1.82, 2.24) is 9.88 Å². The van der Waals surface area contributed by atoms with Crippen molar-refractivity contribution in [1.29, 1.82) is 0 Å². The van der Waals surface area contributed by atoms with Gasteiger partial charge < -0.3 is 9.88 Å². The fourth-order valence-corrected chi connectivity index (χ4v) is 3.70. The van der Waals surface area contributed by atoms with E-state index < -0.39 is 0 Å². The lowest BCUT2D eigenvalue weighted by Crippen LogP contribution is -2.38. The average molecular weight is 352 g/mol. The number of fused-ring (bicyclic) bond motifs is 1. The second-order valence-corrected chi connectivity index (χ2v) is 6.99. The Morgan fingerprint density at radius 2 is 1.81 bits per heavy atom. The van der Waals surface area contributed by atoms with E-state index in [1.807, 2.05) is 0 Å². The largest absolute Gasteiger partial charge is 0.352 e. The fraction of sp³-hybridized carbons (Fsp3) is 0.381. The molecule has 26 heavy (non-hydrogen) atoms. The van der Waals surface area contributed by atoms with Crippen LogP contribution in [0.2, 0.25) is 0 Å². The summed E-state index contributed by atoms with van der Waals surface area (Å²) < 4.78 is 1.47. The van der Waals surface area contributed by atoms with Crippen LogP contribution in [0.4, 0.5) is 0 Å². The molecule has 0 atom stereocenters. The molecule has 0 bridgehead atoms. The SMILES string of the molecule is C=C1C=C(C)C2=C(N1)C(=O)c1c(c(C)cc(=O)n1CCCCCC)C2=O. The number of rotatable bonds is 5. The summed E-state index contributed by atoms with van der Waals surface area (Å²) in [6, 6.07) is 1.46. The van der Waals surface area contributed by atoms with Crippen molar-refractivity contribution in [2.75, 3.05) is 0 Å². The lowest BCUT2D eigenvalue weighted by atomic mass is 9.83. The van der Waals surface area contributed by atoms with E-state index in [0.717, 1.165) is 25.7 Å². The van der Waals surface area contributed by atoms with Crippen LogP contribution in [0.1, 0.15) is 65.9 Å². The number of pyridine rings is 1. The van der Waals surface area contributed by atoms with Gasteiger partial charge in [-0.15, -0.1) is 0 Å². The Bertz CT molecular complexity index is 945. The Kier molecular flexibility index (Phi) is 4.81. The van der Waals surface area contributed by atoms with E-state index in [1.54, 1.807) is 19.9 Å². The van der Waals surface area contributed by atoms with Crippen molar-refractivity contribution >= 4 is 11.6 Å². The highest BCUT2D eigenvalue weighted by atomic mass is 16.1. The predicted molar refractivity (Wildman–Crippen MR) is 101 cm³/mol. The number of carbonyl (C=O) groups is 2. The topological polar surface area (TPSA) is 68.2 Å². The number of ketones is 2. The molecular formula is C21H24N2O3. The summed E-state index contributed by atoms with van der Waals surface area (Å²) in [5.41, 5.74) is 2.79. The van der Waals surface area contributed by atoms with Gasteiger partial charge in [-0.05, 0) is 37.5 Å². The van der Waals surface area contributed by atoms with Gasteiger partial charge >= 0.3 is 0 Å². The second kappa shape index (κ2) is 6.90. The van der Waals surface area contributed by atoms with Gasteiger partial charge in [-0.3, -0.25) is 14.4 Å². The van der Waals surface area contributed by atoms with Crippen LogP contribution in [0.3, 0.4) is 0 Å². The lowest BCUT2D eigenvalue weighted by Gasteiger charge is -2.28. The van der Waals surface area contributed by atoms with E-state index >= 15 is 0 Å². The maximum Gasteiger partial charge on any atom is 0.251 e. The number of hydrogen-bond donors (Lipinski definition) is 1. The van der Waals surface area contributed by atoms with Crippen LogP contribution >= 0.6 is 0 Å². The zero-order valence-corrected chi connectivity index (χ0v) is 15.6. The summed E-state index contributed by atoms with van der Waals surface area (Å²) in [6.07, 6.45) is 5.71. The van der Waals surface area contributed by atoms with Crippen molar-refractivity contribution in [3.8, 4) is 0 Å². The molecule has 3 rings (SSSR count).